The third-order valence-electron chi connectivity index (χ3n) is 4.92. The lowest BCUT2D eigenvalue weighted by molar-refractivity contribution is 0.249. The number of halogens is 1. The van der Waals surface area contributed by atoms with Crippen molar-refractivity contribution in [2.75, 3.05) is 31.1 Å². The zero-order chi connectivity index (χ0) is 19.3. The van der Waals surface area contributed by atoms with Crippen LogP contribution >= 0.6 is 11.6 Å². The summed E-state index contributed by atoms with van der Waals surface area (Å²) in [4.78, 5) is 13.4. The fourth-order valence-electron chi connectivity index (χ4n) is 3.34. The Kier molecular flexibility index (Phi) is 5.74. The molecule has 1 aliphatic heterocycles. The van der Waals surface area contributed by atoms with Gasteiger partial charge in [0.1, 0.15) is 17.9 Å². The molecule has 0 radical (unpaired) electrons. The second-order valence-corrected chi connectivity index (χ2v) is 7.38. The predicted molar refractivity (Wildman–Crippen MR) is 112 cm³/mol. The molecule has 28 heavy (non-hydrogen) atoms. The summed E-state index contributed by atoms with van der Waals surface area (Å²) in [6, 6.07) is 18.1. The lowest BCUT2D eigenvalue weighted by Crippen LogP contribution is -2.46. The van der Waals surface area contributed by atoms with Crippen molar-refractivity contribution in [2.45, 2.75) is 13.5 Å². The van der Waals surface area contributed by atoms with Crippen LogP contribution in [0.3, 0.4) is 0 Å². The molecule has 2 aromatic carbocycles. The summed E-state index contributed by atoms with van der Waals surface area (Å²) in [6.45, 7) is 6.82. The number of aromatic nitrogens is 2. The number of ether oxygens (including phenoxy) is 1. The molecule has 0 bridgehead atoms. The van der Waals surface area contributed by atoms with Crippen LogP contribution in [-0.4, -0.2) is 41.0 Å². The maximum absolute atomic E-state index is 6.08. The SMILES string of the molecule is Cc1cc(Oc2cc(N3CCN(Cc4ccccc4)CC3)ncn2)ccc1Cl. The monoisotopic (exact) mass is 394 g/mol. The highest BCUT2D eigenvalue weighted by molar-refractivity contribution is 6.31. The topological polar surface area (TPSA) is 41.5 Å². The van der Waals surface area contributed by atoms with Gasteiger partial charge in [-0.25, -0.2) is 9.97 Å². The van der Waals surface area contributed by atoms with Crippen LogP contribution in [-0.2, 0) is 6.54 Å². The minimum absolute atomic E-state index is 0.540. The predicted octanol–water partition coefficient (Wildman–Crippen LogP) is 4.55. The van der Waals surface area contributed by atoms with E-state index in [4.69, 9.17) is 16.3 Å². The maximum atomic E-state index is 6.08. The highest BCUT2D eigenvalue weighted by atomic mass is 35.5. The minimum atomic E-state index is 0.540. The van der Waals surface area contributed by atoms with Gasteiger partial charge < -0.3 is 9.64 Å². The molecular weight excluding hydrogens is 372 g/mol. The molecule has 0 atom stereocenters. The molecule has 0 spiro atoms. The first-order valence-electron chi connectivity index (χ1n) is 9.45. The zero-order valence-corrected chi connectivity index (χ0v) is 16.6. The molecule has 6 heteroatoms. The standard InChI is InChI=1S/C22H23ClN4O/c1-17-13-19(7-8-20(17)23)28-22-14-21(24-16-25-22)27-11-9-26(10-12-27)15-18-5-3-2-4-6-18/h2-8,13-14,16H,9-12,15H2,1H3. The van der Waals surface area contributed by atoms with Gasteiger partial charge in [0.25, 0.3) is 0 Å². The second-order valence-electron chi connectivity index (χ2n) is 6.98. The number of aryl methyl sites for hydroxylation is 1. The van der Waals surface area contributed by atoms with E-state index in [1.807, 2.05) is 31.2 Å². The van der Waals surface area contributed by atoms with Crippen LogP contribution < -0.4 is 9.64 Å². The van der Waals surface area contributed by atoms with E-state index in [9.17, 15) is 0 Å². The summed E-state index contributed by atoms with van der Waals surface area (Å²) < 4.78 is 5.90. The van der Waals surface area contributed by atoms with Crippen LogP contribution in [0.15, 0.2) is 60.9 Å². The van der Waals surface area contributed by atoms with Gasteiger partial charge in [-0.2, -0.15) is 0 Å². The molecule has 0 aliphatic carbocycles. The fourth-order valence-corrected chi connectivity index (χ4v) is 3.45. The van der Waals surface area contributed by atoms with Crippen molar-refractivity contribution >= 4 is 17.4 Å². The number of benzene rings is 2. The molecule has 144 valence electrons. The van der Waals surface area contributed by atoms with E-state index >= 15 is 0 Å². The highest BCUT2D eigenvalue weighted by Crippen LogP contribution is 2.26. The normalized spacial score (nSPS) is 14.9. The molecule has 0 amide bonds. The van der Waals surface area contributed by atoms with Gasteiger partial charge in [0, 0.05) is 43.8 Å². The summed E-state index contributed by atoms with van der Waals surface area (Å²) in [5.41, 5.74) is 2.33. The Morgan fingerprint density at radius 1 is 0.964 bits per heavy atom. The summed E-state index contributed by atoms with van der Waals surface area (Å²) in [6.07, 6.45) is 1.56. The van der Waals surface area contributed by atoms with Gasteiger partial charge in [-0.1, -0.05) is 41.9 Å². The smallest absolute Gasteiger partial charge is 0.224 e. The first-order chi connectivity index (χ1) is 13.7. The third kappa shape index (κ3) is 4.61. The van der Waals surface area contributed by atoms with Gasteiger partial charge in [0.2, 0.25) is 5.88 Å². The molecule has 0 unspecified atom stereocenters. The van der Waals surface area contributed by atoms with E-state index in [1.165, 1.54) is 5.56 Å². The zero-order valence-electron chi connectivity index (χ0n) is 15.9. The van der Waals surface area contributed by atoms with Crippen molar-refractivity contribution in [1.82, 2.24) is 14.9 Å². The number of nitrogens with zero attached hydrogens (tertiary/aromatic N) is 4. The van der Waals surface area contributed by atoms with Crippen molar-refractivity contribution in [3.05, 3.63) is 77.1 Å². The van der Waals surface area contributed by atoms with Gasteiger partial charge in [-0.05, 0) is 36.2 Å². The van der Waals surface area contributed by atoms with E-state index in [-0.39, 0.29) is 0 Å². The molecule has 0 N–H and O–H groups in total. The van der Waals surface area contributed by atoms with Crippen molar-refractivity contribution in [2.24, 2.45) is 0 Å². The molecule has 1 aromatic heterocycles. The van der Waals surface area contributed by atoms with Crippen LogP contribution in [0, 0.1) is 6.92 Å². The number of anilines is 1. The number of hydrogen-bond acceptors (Lipinski definition) is 5. The van der Waals surface area contributed by atoms with Crippen LogP contribution in [0.1, 0.15) is 11.1 Å². The average molecular weight is 395 g/mol. The van der Waals surface area contributed by atoms with Gasteiger partial charge >= 0.3 is 0 Å². The first kappa shape index (κ1) is 18.7. The molecule has 5 nitrogen and oxygen atoms in total. The van der Waals surface area contributed by atoms with Crippen LogP contribution in [0.4, 0.5) is 5.82 Å². The highest BCUT2D eigenvalue weighted by Gasteiger charge is 2.19. The molecular formula is C22H23ClN4O. The molecule has 3 aromatic rings. The molecule has 4 rings (SSSR count). The molecule has 1 saturated heterocycles. The Balaban J connectivity index is 1.37. The summed E-state index contributed by atoms with van der Waals surface area (Å²) in [7, 11) is 0. The van der Waals surface area contributed by atoms with E-state index < -0.39 is 0 Å². The molecule has 0 saturated carbocycles. The Hall–Kier alpha value is -2.63. The van der Waals surface area contributed by atoms with Crippen molar-refractivity contribution < 1.29 is 4.74 Å². The maximum Gasteiger partial charge on any atom is 0.224 e. The van der Waals surface area contributed by atoms with Gasteiger partial charge in [0.15, 0.2) is 0 Å². The first-order valence-corrected chi connectivity index (χ1v) is 9.82. The number of piperazine rings is 1. The largest absolute Gasteiger partial charge is 0.439 e. The quantitative estimate of drug-likeness (QED) is 0.634. The molecule has 2 heterocycles. The minimum Gasteiger partial charge on any atom is -0.439 e. The molecule has 1 aliphatic rings. The van der Waals surface area contributed by atoms with Crippen LogP contribution in [0.5, 0.6) is 11.6 Å². The third-order valence-corrected chi connectivity index (χ3v) is 5.35. The number of rotatable bonds is 5. The Morgan fingerprint density at radius 3 is 2.50 bits per heavy atom. The molecule has 1 fully saturated rings. The van der Waals surface area contributed by atoms with E-state index in [1.54, 1.807) is 6.33 Å². The average Bonchev–Trinajstić information content (AvgIpc) is 2.72. The van der Waals surface area contributed by atoms with Gasteiger partial charge in [-0.3, -0.25) is 4.90 Å². The second kappa shape index (κ2) is 8.59. The van der Waals surface area contributed by atoms with E-state index in [0.717, 1.165) is 54.9 Å². The van der Waals surface area contributed by atoms with Gasteiger partial charge in [-0.15, -0.1) is 0 Å². The Labute approximate surface area is 170 Å². The fraction of sp³-hybridized carbons (Fsp3) is 0.273. The number of hydrogen-bond donors (Lipinski definition) is 0. The van der Waals surface area contributed by atoms with Gasteiger partial charge in [0.05, 0.1) is 0 Å². The summed E-state index contributed by atoms with van der Waals surface area (Å²) >= 11 is 6.08. The lowest BCUT2D eigenvalue weighted by Gasteiger charge is -2.35. The summed E-state index contributed by atoms with van der Waals surface area (Å²) in [5, 5.41) is 0.726. The Morgan fingerprint density at radius 2 is 1.75 bits per heavy atom. The van der Waals surface area contributed by atoms with Crippen molar-refractivity contribution in [3.8, 4) is 11.6 Å². The van der Waals surface area contributed by atoms with Crippen LogP contribution in [0.2, 0.25) is 5.02 Å². The lowest BCUT2D eigenvalue weighted by atomic mass is 10.2. The Bertz CT molecular complexity index is 927. The van der Waals surface area contributed by atoms with E-state index in [0.29, 0.717) is 5.88 Å². The summed E-state index contributed by atoms with van der Waals surface area (Å²) in [5.74, 6) is 2.16. The van der Waals surface area contributed by atoms with Crippen molar-refractivity contribution in [3.63, 3.8) is 0 Å². The van der Waals surface area contributed by atoms with Crippen molar-refractivity contribution in [1.29, 1.82) is 0 Å². The van der Waals surface area contributed by atoms with E-state index in [2.05, 4.69) is 50.1 Å². The van der Waals surface area contributed by atoms with Crippen LogP contribution in [0.25, 0.3) is 0 Å².